The quantitative estimate of drug-likeness (QED) is 0.719. The molecule has 1 amide bonds. The van der Waals surface area contributed by atoms with Crippen LogP contribution in [0, 0.1) is 0 Å². The van der Waals surface area contributed by atoms with E-state index < -0.39 is 5.91 Å². The molecule has 0 saturated carbocycles. The molecule has 0 aliphatic heterocycles. The molecular formula is C10H9N3O3S. The lowest BCUT2D eigenvalue weighted by Crippen LogP contribution is -2.26. The van der Waals surface area contributed by atoms with Gasteiger partial charge >= 0.3 is 4.87 Å². The van der Waals surface area contributed by atoms with Crippen molar-refractivity contribution >= 4 is 17.2 Å². The summed E-state index contributed by atoms with van der Waals surface area (Å²) in [5.41, 5.74) is 0.489. The summed E-state index contributed by atoms with van der Waals surface area (Å²) < 4.78 is 0. The molecular weight excluding hydrogens is 242 g/mol. The number of nitrogens with one attached hydrogen (secondary N) is 3. The topological polar surface area (TPSA) is 94.8 Å². The zero-order valence-electron chi connectivity index (χ0n) is 8.65. The second kappa shape index (κ2) is 4.79. The van der Waals surface area contributed by atoms with Crippen molar-refractivity contribution in [1.82, 2.24) is 15.3 Å². The number of hydrogen-bond donors (Lipinski definition) is 3. The zero-order valence-corrected chi connectivity index (χ0v) is 9.47. The normalized spacial score (nSPS) is 10.1. The molecule has 0 unspecified atom stereocenters. The molecule has 0 aliphatic rings. The van der Waals surface area contributed by atoms with Crippen molar-refractivity contribution in [3.8, 4) is 0 Å². The Morgan fingerprint density at radius 1 is 1.29 bits per heavy atom. The fourth-order valence-corrected chi connectivity index (χ4v) is 1.83. The molecule has 2 aromatic rings. The average Bonchev–Trinajstić information content (AvgIpc) is 2.72. The molecule has 3 N–H and O–H groups in total. The summed E-state index contributed by atoms with van der Waals surface area (Å²) in [4.78, 5) is 38.3. The Balaban J connectivity index is 2.03. The first-order valence-electron chi connectivity index (χ1n) is 4.79. The first-order chi connectivity index (χ1) is 8.15. The van der Waals surface area contributed by atoms with Gasteiger partial charge in [-0.05, 0) is 6.07 Å². The summed E-state index contributed by atoms with van der Waals surface area (Å²) in [7, 11) is 0. The summed E-state index contributed by atoms with van der Waals surface area (Å²) in [6, 6.07) is 4.33. The van der Waals surface area contributed by atoms with E-state index in [2.05, 4.69) is 15.3 Å². The van der Waals surface area contributed by atoms with E-state index in [1.54, 1.807) is 5.38 Å². The third kappa shape index (κ3) is 2.91. The van der Waals surface area contributed by atoms with E-state index >= 15 is 0 Å². The molecule has 7 heteroatoms. The van der Waals surface area contributed by atoms with Gasteiger partial charge in [-0.3, -0.25) is 14.4 Å². The van der Waals surface area contributed by atoms with Crippen LogP contribution < -0.4 is 15.7 Å². The Kier molecular flexibility index (Phi) is 3.20. The number of rotatable bonds is 3. The van der Waals surface area contributed by atoms with Gasteiger partial charge in [0.2, 0.25) is 5.56 Å². The van der Waals surface area contributed by atoms with Crippen LogP contribution >= 0.6 is 11.3 Å². The minimum atomic E-state index is -0.394. The van der Waals surface area contributed by atoms with Crippen LogP contribution in [0.1, 0.15) is 16.2 Å². The molecule has 0 aliphatic carbocycles. The van der Waals surface area contributed by atoms with Gasteiger partial charge in [0.15, 0.2) is 0 Å². The molecule has 6 nitrogen and oxygen atoms in total. The van der Waals surface area contributed by atoms with Crippen molar-refractivity contribution in [3.63, 3.8) is 0 Å². The summed E-state index contributed by atoms with van der Waals surface area (Å²) in [5, 5.41) is 4.22. The van der Waals surface area contributed by atoms with Crippen molar-refractivity contribution in [3.05, 3.63) is 55.0 Å². The second-order valence-electron chi connectivity index (χ2n) is 3.28. The van der Waals surface area contributed by atoms with Crippen LogP contribution in [0.2, 0.25) is 0 Å². The van der Waals surface area contributed by atoms with E-state index in [9.17, 15) is 14.4 Å². The zero-order chi connectivity index (χ0) is 12.3. The van der Waals surface area contributed by atoms with Crippen molar-refractivity contribution in [1.29, 1.82) is 0 Å². The van der Waals surface area contributed by atoms with Gasteiger partial charge in [-0.25, -0.2) is 0 Å². The monoisotopic (exact) mass is 251 g/mol. The van der Waals surface area contributed by atoms with Gasteiger partial charge in [-0.1, -0.05) is 17.4 Å². The lowest BCUT2D eigenvalue weighted by molar-refractivity contribution is 0.0945. The lowest BCUT2D eigenvalue weighted by Gasteiger charge is -2.02. The minimum Gasteiger partial charge on any atom is -0.345 e. The van der Waals surface area contributed by atoms with Gasteiger partial charge in [0, 0.05) is 17.1 Å². The maximum Gasteiger partial charge on any atom is 0.304 e. The Labute approximate surface area is 99.3 Å². The van der Waals surface area contributed by atoms with Gasteiger partial charge in [0.1, 0.15) is 5.69 Å². The van der Waals surface area contributed by atoms with Crippen LogP contribution in [0.4, 0.5) is 0 Å². The van der Waals surface area contributed by atoms with Gasteiger partial charge in [0.25, 0.3) is 5.91 Å². The SMILES string of the molecule is O=C(NCc1csc(=O)[nH]1)c1cccc(=O)[nH]1. The van der Waals surface area contributed by atoms with E-state index in [1.165, 1.54) is 18.2 Å². The van der Waals surface area contributed by atoms with Crippen LogP contribution in [-0.2, 0) is 6.54 Å². The van der Waals surface area contributed by atoms with Crippen molar-refractivity contribution in [2.45, 2.75) is 6.54 Å². The molecule has 0 atom stereocenters. The Hall–Kier alpha value is -2.15. The fourth-order valence-electron chi connectivity index (χ4n) is 1.25. The number of carbonyl (C=O) groups is 1. The van der Waals surface area contributed by atoms with Gasteiger partial charge in [-0.15, -0.1) is 0 Å². The standard InChI is InChI=1S/C10H9N3O3S/c14-8-3-1-2-7(13-8)9(15)11-4-6-5-17-10(16)12-6/h1-3,5H,4H2,(H,11,15)(H,12,16)(H,13,14). The smallest absolute Gasteiger partial charge is 0.304 e. The van der Waals surface area contributed by atoms with Crippen molar-refractivity contribution in [2.24, 2.45) is 0 Å². The highest BCUT2D eigenvalue weighted by Crippen LogP contribution is 1.96. The van der Waals surface area contributed by atoms with Gasteiger partial charge in [-0.2, -0.15) is 0 Å². The first-order valence-corrected chi connectivity index (χ1v) is 5.67. The summed E-state index contributed by atoms with van der Waals surface area (Å²) in [5.74, 6) is -0.394. The predicted octanol–water partition coefficient (Wildman–Crippen LogP) is 0.0547. The highest BCUT2D eigenvalue weighted by Gasteiger charge is 2.06. The number of H-pyrrole nitrogens is 2. The predicted molar refractivity (Wildman–Crippen MR) is 63.2 cm³/mol. The number of amides is 1. The number of pyridine rings is 1. The number of aromatic nitrogens is 2. The van der Waals surface area contributed by atoms with E-state index in [0.29, 0.717) is 5.69 Å². The fraction of sp³-hybridized carbons (Fsp3) is 0.100. The first kappa shape index (κ1) is 11.3. The van der Waals surface area contributed by atoms with E-state index in [4.69, 9.17) is 0 Å². The summed E-state index contributed by atoms with van der Waals surface area (Å²) in [6.45, 7) is 0.217. The number of hydrogen-bond acceptors (Lipinski definition) is 4. The van der Waals surface area contributed by atoms with E-state index in [0.717, 1.165) is 11.3 Å². The van der Waals surface area contributed by atoms with Crippen LogP contribution in [0.15, 0.2) is 33.2 Å². The summed E-state index contributed by atoms with van der Waals surface area (Å²) in [6.07, 6.45) is 0. The molecule has 2 aromatic heterocycles. The second-order valence-corrected chi connectivity index (χ2v) is 4.13. The third-order valence-corrected chi connectivity index (χ3v) is 2.74. The van der Waals surface area contributed by atoms with Crippen molar-refractivity contribution in [2.75, 3.05) is 0 Å². The number of carbonyl (C=O) groups excluding carboxylic acids is 1. The maximum absolute atomic E-state index is 11.6. The number of thiazole rings is 1. The molecule has 17 heavy (non-hydrogen) atoms. The molecule has 0 radical (unpaired) electrons. The number of aromatic amines is 2. The highest BCUT2D eigenvalue weighted by molar-refractivity contribution is 7.07. The largest absolute Gasteiger partial charge is 0.345 e. The molecule has 0 aromatic carbocycles. The summed E-state index contributed by atoms with van der Waals surface area (Å²) >= 11 is 1.03. The van der Waals surface area contributed by atoms with Crippen LogP contribution in [-0.4, -0.2) is 15.9 Å². The Morgan fingerprint density at radius 3 is 2.76 bits per heavy atom. The van der Waals surface area contributed by atoms with E-state index in [1.807, 2.05) is 0 Å². The maximum atomic E-state index is 11.6. The van der Waals surface area contributed by atoms with Crippen LogP contribution in [0.25, 0.3) is 0 Å². The minimum absolute atomic E-state index is 0.164. The van der Waals surface area contributed by atoms with Crippen LogP contribution in [0.5, 0.6) is 0 Å². The lowest BCUT2D eigenvalue weighted by atomic mass is 10.3. The molecule has 2 heterocycles. The Morgan fingerprint density at radius 2 is 2.12 bits per heavy atom. The third-order valence-electron chi connectivity index (χ3n) is 2.02. The Bertz CT molecular complexity index is 640. The average molecular weight is 251 g/mol. The molecule has 0 fully saturated rings. The van der Waals surface area contributed by atoms with Crippen LogP contribution in [0.3, 0.4) is 0 Å². The van der Waals surface area contributed by atoms with Gasteiger partial charge < -0.3 is 15.3 Å². The van der Waals surface area contributed by atoms with E-state index in [-0.39, 0.29) is 22.7 Å². The molecule has 0 bridgehead atoms. The molecule has 2 rings (SSSR count). The molecule has 88 valence electrons. The molecule has 0 saturated heterocycles. The molecule has 0 spiro atoms. The van der Waals surface area contributed by atoms with Crippen molar-refractivity contribution < 1.29 is 4.79 Å². The highest BCUT2D eigenvalue weighted by atomic mass is 32.1. The van der Waals surface area contributed by atoms with Gasteiger partial charge in [0.05, 0.1) is 6.54 Å².